The molecule has 0 amide bonds. The number of H-pyrrole nitrogens is 1. The van der Waals surface area contributed by atoms with Crippen LogP contribution in [0.4, 0.5) is 19.1 Å². The van der Waals surface area contributed by atoms with E-state index in [1.54, 1.807) is 12.3 Å². The lowest BCUT2D eigenvalue weighted by atomic mass is 9.77. The van der Waals surface area contributed by atoms with Gasteiger partial charge < -0.3 is 15.4 Å². The number of benzene rings is 1. The molecule has 2 heterocycles. The minimum Gasteiger partial charge on any atom is -0.394 e. The molecule has 2 aromatic heterocycles. The second-order valence-electron chi connectivity index (χ2n) is 7.67. The SMILES string of the molecule is CP(C)c1cccc2c(-c3nc(NC4(CO)CCC4)ncc3C(F)(F)F)c[nH]c12. The van der Waals surface area contributed by atoms with Crippen LogP contribution in [0.1, 0.15) is 24.8 Å². The van der Waals surface area contributed by atoms with E-state index in [0.29, 0.717) is 10.9 Å². The first kappa shape index (κ1) is 20.1. The maximum absolute atomic E-state index is 13.7. The Morgan fingerprint density at radius 2 is 2.03 bits per heavy atom. The van der Waals surface area contributed by atoms with Crippen molar-refractivity contribution < 1.29 is 18.3 Å². The Morgan fingerprint density at radius 1 is 1.28 bits per heavy atom. The van der Waals surface area contributed by atoms with Crippen molar-refractivity contribution in [1.29, 1.82) is 0 Å². The summed E-state index contributed by atoms with van der Waals surface area (Å²) < 4.78 is 41.1. The molecule has 5 nitrogen and oxygen atoms in total. The number of aromatic nitrogens is 3. The van der Waals surface area contributed by atoms with Crippen molar-refractivity contribution in [3.05, 3.63) is 36.2 Å². The number of nitrogens with zero attached hydrogens (tertiary/aromatic N) is 2. The van der Waals surface area contributed by atoms with E-state index < -0.39 is 25.2 Å². The summed E-state index contributed by atoms with van der Waals surface area (Å²) in [6.45, 7) is 4.09. The van der Waals surface area contributed by atoms with Crippen molar-refractivity contribution in [2.24, 2.45) is 0 Å². The molecule has 4 rings (SSSR count). The van der Waals surface area contributed by atoms with E-state index in [1.165, 1.54) is 0 Å². The Hall–Kier alpha value is -2.18. The van der Waals surface area contributed by atoms with Gasteiger partial charge in [0.2, 0.25) is 5.95 Å². The number of aliphatic hydroxyl groups is 1. The number of fused-ring (bicyclic) bond motifs is 1. The lowest BCUT2D eigenvalue weighted by molar-refractivity contribution is -0.137. The number of halogens is 3. The van der Waals surface area contributed by atoms with E-state index in [4.69, 9.17) is 0 Å². The van der Waals surface area contributed by atoms with Crippen LogP contribution in [0.2, 0.25) is 0 Å². The van der Waals surface area contributed by atoms with Crippen LogP contribution >= 0.6 is 7.92 Å². The first-order valence-electron chi connectivity index (χ1n) is 9.35. The number of rotatable bonds is 5. The van der Waals surface area contributed by atoms with Gasteiger partial charge in [-0.3, -0.25) is 0 Å². The van der Waals surface area contributed by atoms with Crippen LogP contribution < -0.4 is 10.6 Å². The second-order valence-corrected chi connectivity index (χ2v) is 9.94. The number of aromatic amines is 1. The van der Waals surface area contributed by atoms with E-state index in [0.717, 1.165) is 36.3 Å². The maximum Gasteiger partial charge on any atom is 0.419 e. The zero-order valence-corrected chi connectivity index (χ0v) is 17.0. The minimum absolute atomic E-state index is 0.0977. The van der Waals surface area contributed by atoms with Gasteiger partial charge in [0.05, 0.1) is 23.4 Å². The summed E-state index contributed by atoms with van der Waals surface area (Å²) in [5.41, 5.74) is -0.363. The van der Waals surface area contributed by atoms with Gasteiger partial charge in [-0.25, -0.2) is 9.97 Å². The van der Waals surface area contributed by atoms with E-state index in [9.17, 15) is 18.3 Å². The van der Waals surface area contributed by atoms with E-state index in [1.807, 2.05) is 12.1 Å². The summed E-state index contributed by atoms with van der Waals surface area (Å²) in [5.74, 6) is 0.0977. The van der Waals surface area contributed by atoms with Gasteiger partial charge in [-0.1, -0.05) is 26.1 Å². The van der Waals surface area contributed by atoms with Gasteiger partial charge >= 0.3 is 6.18 Å². The third-order valence-corrected chi connectivity index (χ3v) is 6.85. The minimum atomic E-state index is -4.58. The summed E-state index contributed by atoms with van der Waals surface area (Å²) in [4.78, 5) is 11.3. The predicted octanol–water partition coefficient (Wildman–Crippen LogP) is 4.34. The number of hydrogen-bond acceptors (Lipinski definition) is 4. The first-order chi connectivity index (χ1) is 13.7. The second kappa shape index (κ2) is 7.26. The highest BCUT2D eigenvalue weighted by Crippen LogP contribution is 2.40. The van der Waals surface area contributed by atoms with E-state index >= 15 is 0 Å². The summed E-state index contributed by atoms with van der Waals surface area (Å²) in [6.07, 6.45) is 0.237. The van der Waals surface area contributed by atoms with Crippen LogP contribution in [0, 0.1) is 0 Å². The lowest BCUT2D eigenvalue weighted by Crippen LogP contribution is -2.48. The van der Waals surface area contributed by atoms with Crippen LogP contribution in [0.25, 0.3) is 22.2 Å². The summed E-state index contributed by atoms with van der Waals surface area (Å²) >= 11 is 0. The molecule has 9 heteroatoms. The average molecular weight is 422 g/mol. The van der Waals surface area contributed by atoms with E-state index in [-0.39, 0.29) is 18.2 Å². The van der Waals surface area contributed by atoms with Crippen LogP contribution in [0.15, 0.2) is 30.6 Å². The lowest BCUT2D eigenvalue weighted by Gasteiger charge is -2.41. The van der Waals surface area contributed by atoms with Gasteiger partial charge in [0.25, 0.3) is 0 Å². The van der Waals surface area contributed by atoms with Crippen molar-refractivity contribution in [3.63, 3.8) is 0 Å². The van der Waals surface area contributed by atoms with Gasteiger partial charge in [-0.2, -0.15) is 13.2 Å². The van der Waals surface area contributed by atoms with Gasteiger partial charge in [0.1, 0.15) is 5.56 Å². The van der Waals surface area contributed by atoms with Crippen LogP contribution in [0.5, 0.6) is 0 Å². The summed E-state index contributed by atoms with van der Waals surface area (Å²) in [7, 11) is -0.429. The molecule has 3 aromatic rings. The number of alkyl halides is 3. The third kappa shape index (κ3) is 3.60. The molecule has 0 aliphatic heterocycles. The molecule has 0 bridgehead atoms. The molecule has 1 saturated carbocycles. The topological polar surface area (TPSA) is 73.8 Å². The number of hydrogen-bond donors (Lipinski definition) is 3. The zero-order valence-electron chi connectivity index (χ0n) is 16.1. The molecule has 1 fully saturated rings. The molecule has 0 saturated heterocycles. The number of anilines is 1. The molecule has 3 N–H and O–H groups in total. The molecule has 1 aromatic carbocycles. The van der Waals surface area contributed by atoms with Crippen LogP contribution in [0.3, 0.4) is 0 Å². The van der Waals surface area contributed by atoms with Gasteiger partial charge in [0.15, 0.2) is 0 Å². The van der Waals surface area contributed by atoms with Crippen molar-refractivity contribution in [2.75, 3.05) is 25.3 Å². The Balaban J connectivity index is 1.86. The molecule has 29 heavy (non-hydrogen) atoms. The fraction of sp³-hybridized carbons (Fsp3) is 0.400. The quantitative estimate of drug-likeness (QED) is 0.535. The monoisotopic (exact) mass is 422 g/mol. The Bertz CT molecular complexity index is 1040. The zero-order chi connectivity index (χ0) is 20.8. The predicted molar refractivity (Wildman–Crippen MR) is 110 cm³/mol. The average Bonchev–Trinajstić information content (AvgIpc) is 3.07. The smallest absolute Gasteiger partial charge is 0.394 e. The van der Waals surface area contributed by atoms with Crippen LogP contribution in [-0.4, -0.2) is 45.5 Å². The largest absolute Gasteiger partial charge is 0.419 e. The van der Waals surface area contributed by atoms with Crippen molar-refractivity contribution in [3.8, 4) is 11.3 Å². The standard InChI is InChI=1S/C20H22F3N4OP/c1-29(2)15-6-3-5-12-13(9-24-17(12)15)16-14(20(21,22)23)10-25-18(26-16)27-19(11-28)7-4-8-19/h3,5-6,9-10,24,28H,4,7-8,11H2,1-2H3,(H,25,26,27). The first-order valence-corrected chi connectivity index (χ1v) is 11.6. The Labute approximate surface area is 167 Å². The molecule has 1 aliphatic carbocycles. The molecule has 0 atom stereocenters. The molecular weight excluding hydrogens is 400 g/mol. The van der Waals surface area contributed by atoms with E-state index in [2.05, 4.69) is 33.6 Å². The molecule has 1 aliphatic rings. The van der Waals surface area contributed by atoms with Gasteiger partial charge in [0, 0.05) is 23.3 Å². The fourth-order valence-corrected chi connectivity index (χ4v) is 4.74. The van der Waals surface area contributed by atoms with Crippen molar-refractivity contribution in [2.45, 2.75) is 31.0 Å². The van der Waals surface area contributed by atoms with Crippen molar-refractivity contribution in [1.82, 2.24) is 15.0 Å². The molecular formula is C20H22F3N4OP. The Kier molecular flexibility index (Phi) is 5.03. The number of para-hydroxylation sites is 1. The third-order valence-electron chi connectivity index (χ3n) is 5.51. The van der Waals surface area contributed by atoms with Crippen LogP contribution in [-0.2, 0) is 6.18 Å². The number of aliphatic hydroxyl groups excluding tert-OH is 1. The summed E-state index contributed by atoms with van der Waals surface area (Å²) in [6, 6.07) is 5.66. The normalized spacial score (nSPS) is 16.2. The molecule has 0 spiro atoms. The highest BCUT2D eigenvalue weighted by atomic mass is 31.1. The fourth-order valence-electron chi connectivity index (χ4n) is 3.73. The Morgan fingerprint density at radius 3 is 2.62 bits per heavy atom. The van der Waals surface area contributed by atoms with Crippen molar-refractivity contribution >= 4 is 30.1 Å². The highest BCUT2D eigenvalue weighted by Gasteiger charge is 2.39. The maximum atomic E-state index is 13.7. The summed E-state index contributed by atoms with van der Waals surface area (Å²) in [5, 5.41) is 14.5. The molecule has 0 unspecified atom stereocenters. The van der Waals surface area contributed by atoms with Gasteiger partial charge in [-0.15, -0.1) is 0 Å². The highest BCUT2D eigenvalue weighted by molar-refractivity contribution is 7.64. The molecule has 154 valence electrons. The molecule has 0 radical (unpaired) electrons. The van der Waals surface area contributed by atoms with Gasteiger partial charge in [-0.05, 0) is 37.9 Å². The number of nitrogens with one attached hydrogen (secondary N) is 2.